The Labute approximate surface area is 80.6 Å². The quantitative estimate of drug-likeness (QED) is 0.730. The second-order valence-corrected chi connectivity index (χ2v) is 2.99. The minimum atomic E-state index is -0.467. The first-order valence-corrected chi connectivity index (χ1v) is 4.14. The van der Waals surface area contributed by atoms with Gasteiger partial charge in [-0.3, -0.25) is 0 Å². The number of amides is 2. The Bertz CT molecular complexity index is 444. The molecule has 0 atom stereocenters. The number of phenols is 1. The van der Waals surface area contributed by atoms with Crippen molar-refractivity contribution in [2.45, 2.75) is 6.92 Å². The van der Waals surface area contributed by atoms with Gasteiger partial charge in [-0.2, -0.15) is 9.98 Å². The molecule has 0 aliphatic carbocycles. The Morgan fingerprint density at radius 2 is 1.79 bits per heavy atom. The Kier molecular flexibility index (Phi) is 1.89. The van der Waals surface area contributed by atoms with Crippen LogP contribution in [0.4, 0.5) is 4.79 Å². The maximum atomic E-state index is 10.9. The van der Waals surface area contributed by atoms with Crippen LogP contribution >= 0.6 is 0 Å². The van der Waals surface area contributed by atoms with Crippen molar-refractivity contribution in [1.29, 1.82) is 0 Å². The molecule has 14 heavy (non-hydrogen) atoms. The van der Waals surface area contributed by atoms with E-state index in [9.17, 15) is 4.79 Å². The predicted molar refractivity (Wildman–Crippen MR) is 53.1 cm³/mol. The lowest BCUT2D eigenvalue weighted by molar-refractivity contribution is 0.257. The number of aliphatic imine (C=N–C) groups is 2. The number of hydrogen-bond acceptors (Lipinski definition) is 2. The molecule has 0 aromatic heterocycles. The normalized spacial score (nSPS) is 15.4. The van der Waals surface area contributed by atoms with Crippen LogP contribution in [0.2, 0.25) is 0 Å². The van der Waals surface area contributed by atoms with Gasteiger partial charge in [-0.15, -0.1) is 0 Å². The minimum absolute atomic E-state index is 0.188. The molecule has 2 rings (SSSR count). The fraction of sp³-hybridized carbons (Fsp3) is 0.100. The molecule has 0 bridgehead atoms. The van der Waals surface area contributed by atoms with Crippen molar-refractivity contribution in [1.82, 2.24) is 0 Å². The van der Waals surface area contributed by atoms with Crippen LogP contribution in [0.15, 0.2) is 34.3 Å². The lowest BCUT2D eigenvalue weighted by Gasteiger charge is -1.99. The largest absolute Gasteiger partial charge is 0.508 e. The summed E-state index contributed by atoms with van der Waals surface area (Å²) in [5.41, 5.74) is 1.98. The average molecular weight is 188 g/mol. The molecule has 0 fully saturated rings. The summed E-state index contributed by atoms with van der Waals surface area (Å²) in [4.78, 5) is 18.3. The van der Waals surface area contributed by atoms with E-state index in [2.05, 4.69) is 9.98 Å². The van der Waals surface area contributed by atoms with Crippen LogP contribution in [0, 0.1) is 0 Å². The van der Waals surface area contributed by atoms with Gasteiger partial charge in [-0.1, -0.05) is 0 Å². The fourth-order valence-electron chi connectivity index (χ4n) is 1.29. The van der Waals surface area contributed by atoms with Gasteiger partial charge in [-0.05, 0) is 31.2 Å². The van der Waals surface area contributed by atoms with Crippen molar-refractivity contribution in [2.75, 3.05) is 0 Å². The van der Waals surface area contributed by atoms with Crippen molar-refractivity contribution in [3.8, 4) is 5.75 Å². The number of benzene rings is 1. The number of phenolic OH excluding ortho intramolecular Hbond substituents is 1. The molecule has 0 saturated heterocycles. The van der Waals surface area contributed by atoms with E-state index >= 15 is 0 Å². The smallest absolute Gasteiger partial charge is 0.367 e. The van der Waals surface area contributed by atoms with Crippen LogP contribution in [0.3, 0.4) is 0 Å². The van der Waals surface area contributed by atoms with Gasteiger partial charge >= 0.3 is 6.03 Å². The zero-order valence-corrected chi connectivity index (χ0v) is 7.56. The standard InChI is InChI=1S/C10H8N2O2/c1-6-9(12-10(14)11-6)7-2-4-8(13)5-3-7/h2-5,13H,1H3. The van der Waals surface area contributed by atoms with Gasteiger partial charge in [-0.25, -0.2) is 4.79 Å². The molecule has 70 valence electrons. The van der Waals surface area contributed by atoms with E-state index in [0.717, 1.165) is 5.56 Å². The molecule has 1 aromatic carbocycles. The highest BCUT2D eigenvalue weighted by Gasteiger charge is 2.16. The molecule has 0 saturated carbocycles. The third-order valence-corrected chi connectivity index (χ3v) is 1.95. The Balaban J connectivity index is 2.42. The summed E-state index contributed by atoms with van der Waals surface area (Å²) < 4.78 is 0. The molecular weight excluding hydrogens is 180 g/mol. The van der Waals surface area contributed by atoms with Crippen molar-refractivity contribution in [3.63, 3.8) is 0 Å². The predicted octanol–water partition coefficient (Wildman–Crippen LogP) is 1.78. The zero-order chi connectivity index (χ0) is 10.1. The first-order valence-electron chi connectivity index (χ1n) is 4.14. The summed E-state index contributed by atoms with van der Waals surface area (Å²) in [6.45, 7) is 1.73. The number of hydrogen-bond donors (Lipinski definition) is 1. The summed E-state index contributed by atoms with van der Waals surface area (Å²) in [5.74, 6) is 0.188. The topological polar surface area (TPSA) is 62.0 Å². The van der Waals surface area contributed by atoms with Crippen LogP contribution in [0.5, 0.6) is 5.75 Å². The second kappa shape index (κ2) is 3.06. The molecule has 1 heterocycles. The van der Waals surface area contributed by atoms with E-state index in [1.54, 1.807) is 31.2 Å². The lowest BCUT2D eigenvalue weighted by Crippen LogP contribution is -2.07. The monoisotopic (exact) mass is 188 g/mol. The van der Waals surface area contributed by atoms with E-state index < -0.39 is 6.03 Å². The summed E-state index contributed by atoms with van der Waals surface area (Å²) in [6.07, 6.45) is 0. The third kappa shape index (κ3) is 1.42. The molecule has 4 nitrogen and oxygen atoms in total. The number of rotatable bonds is 1. The highest BCUT2D eigenvalue weighted by molar-refractivity contribution is 6.52. The van der Waals surface area contributed by atoms with Crippen molar-refractivity contribution in [3.05, 3.63) is 29.8 Å². The Hall–Kier alpha value is -1.97. The molecule has 2 amide bonds. The average Bonchev–Trinajstić information content (AvgIpc) is 2.47. The third-order valence-electron chi connectivity index (χ3n) is 1.95. The van der Waals surface area contributed by atoms with Gasteiger partial charge in [0.2, 0.25) is 0 Å². The summed E-state index contributed by atoms with van der Waals surface area (Å²) in [5, 5.41) is 9.08. The molecule has 0 spiro atoms. The summed E-state index contributed by atoms with van der Waals surface area (Å²) in [7, 11) is 0. The highest BCUT2D eigenvalue weighted by Crippen LogP contribution is 2.13. The number of aromatic hydroxyl groups is 1. The Morgan fingerprint density at radius 3 is 2.29 bits per heavy atom. The van der Waals surface area contributed by atoms with Crippen molar-refractivity contribution >= 4 is 17.5 Å². The Morgan fingerprint density at radius 1 is 1.14 bits per heavy atom. The fourth-order valence-corrected chi connectivity index (χ4v) is 1.29. The molecule has 1 aromatic rings. The molecule has 1 N–H and O–H groups in total. The maximum absolute atomic E-state index is 10.9. The van der Waals surface area contributed by atoms with Gasteiger partial charge in [0.15, 0.2) is 0 Å². The first kappa shape index (κ1) is 8.62. The number of carbonyl (C=O) groups is 1. The van der Waals surface area contributed by atoms with Crippen molar-refractivity contribution in [2.24, 2.45) is 9.98 Å². The summed E-state index contributed by atoms with van der Waals surface area (Å²) >= 11 is 0. The zero-order valence-electron chi connectivity index (χ0n) is 7.56. The van der Waals surface area contributed by atoms with E-state index in [0.29, 0.717) is 11.4 Å². The van der Waals surface area contributed by atoms with Gasteiger partial charge < -0.3 is 5.11 Å². The number of carbonyl (C=O) groups excluding carboxylic acids is 1. The maximum Gasteiger partial charge on any atom is 0.367 e. The molecule has 1 aliphatic rings. The first-order chi connectivity index (χ1) is 6.66. The lowest BCUT2D eigenvalue weighted by atomic mass is 10.1. The highest BCUT2D eigenvalue weighted by atomic mass is 16.3. The van der Waals surface area contributed by atoms with Crippen molar-refractivity contribution < 1.29 is 9.90 Å². The molecule has 4 heteroatoms. The van der Waals surface area contributed by atoms with Crippen LogP contribution in [-0.4, -0.2) is 22.6 Å². The van der Waals surface area contributed by atoms with Gasteiger partial charge in [0, 0.05) is 5.56 Å². The van der Waals surface area contributed by atoms with Crippen LogP contribution in [0.25, 0.3) is 0 Å². The number of urea groups is 1. The van der Waals surface area contributed by atoms with Crippen LogP contribution in [-0.2, 0) is 0 Å². The minimum Gasteiger partial charge on any atom is -0.508 e. The van der Waals surface area contributed by atoms with E-state index in [-0.39, 0.29) is 5.75 Å². The number of nitrogens with zero attached hydrogens (tertiary/aromatic N) is 2. The van der Waals surface area contributed by atoms with Gasteiger partial charge in [0.25, 0.3) is 0 Å². The van der Waals surface area contributed by atoms with Crippen LogP contribution in [0.1, 0.15) is 12.5 Å². The summed E-state index contributed by atoms with van der Waals surface area (Å²) in [6, 6.07) is 6.03. The second-order valence-electron chi connectivity index (χ2n) is 2.99. The van der Waals surface area contributed by atoms with Gasteiger partial charge in [0.05, 0.1) is 11.4 Å². The van der Waals surface area contributed by atoms with Gasteiger partial charge in [0.1, 0.15) is 5.75 Å². The molecule has 0 radical (unpaired) electrons. The SMILES string of the molecule is CC1=NC(=O)N=C1c1ccc(O)cc1. The molecule has 1 aliphatic heterocycles. The molecular formula is C10H8N2O2. The van der Waals surface area contributed by atoms with E-state index in [1.807, 2.05) is 0 Å². The molecule has 0 unspecified atom stereocenters. The van der Waals surface area contributed by atoms with Crippen LogP contribution < -0.4 is 0 Å². The van der Waals surface area contributed by atoms with E-state index in [4.69, 9.17) is 5.11 Å². The van der Waals surface area contributed by atoms with E-state index in [1.165, 1.54) is 0 Å².